The summed E-state index contributed by atoms with van der Waals surface area (Å²) in [5.41, 5.74) is 0.374. The summed E-state index contributed by atoms with van der Waals surface area (Å²) < 4.78 is 17.7. The zero-order valence-electron chi connectivity index (χ0n) is 18.4. The zero-order chi connectivity index (χ0) is 20.9. The minimum absolute atomic E-state index is 0.155. The molecule has 3 rings (SSSR count). The molecule has 0 bridgehead atoms. The first-order valence-electron chi connectivity index (χ1n) is 11.0. The quantitative estimate of drug-likeness (QED) is 0.696. The third-order valence-electron chi connectivity index (χ3n) is 5.89. The summed E-state index contributed by atoms with van der Waals surface area (Å²) in [4.78, 5) is 17.7. The Morgan fingerprint density at radius 2 is 2.07 bits per heavy atom. The summed E-state index contributed by atoms with van der Waals surface area (Å²) in [6.45, 7) is 10.5. The summed E-state index contributed by atoms with van der Waals surface area (Å²) in [6.07, 6.45) is 3.80. The molecule has 0 radical (unpaired) electrons. The van der Waals surface area contributed by atoms with E-state index in [4.69, 9.17) is 14.2 Å². The van der Waals surface area contributed by atoms with E-state index in [9.17, 15) is 4.79 Å². The predicted molar refractivity (Wildman–Crippen MR) is 113 cm³/mol. The van der Waals surface area contributed by atoms with Gasteiger partial charge < -0.3 is 19.1 Å². The van der Waals surface area contributed by atoms with E-state index in [2.05, 4.69) is 31.7 Å². The topological polar surface area (TPSA) is 51.2 Å². The second-order valence-corrected chi connectivity index (χ2v) is 8.40. The van der Waals surface area contributed by atoms with Gasteiger partial charge in [0.2, 0.25) is 0 Å². The molecule has 29 heavy (non-hydrogen) atoms. The minimum atomic E-state index is -0.720. The Morgan fingerprint density at radius 3 is 2.79 bits per heavy atom. The number of amides is 1. The van der Waals surface area contributed by atoms with E-state index in [0.717, 1.165) is 62.4 Å². The highest BCUT2D eigenvalue weighted by atomic mass is 16.5. The van der Waals surface area contributed by atoms with Gasteiger partial charge >= 0.3 is 0 Å². The number of para-hydroxylation sites is 1. The van der Waals surface area contributed by atoms with Crippen molar-refractivity contribution in [2.75, 3.05) is 40.0 Å². The van der Waals surface area contributed by atoms with Gasteiger partial charge in [0.1, 0.15) is 0 Å². The zero-order valence-corrected chi connectivity index (χ0v) is 18.4. The Kier molecular flexibility index (Phi) is 7.41. The van der Waals surface area contributed by atoms with E-state index in [1.807, 2.05) is 17.0 Å². The molecule has 2 aliphatic heterocycles. The molecule has 2 fully saturated rings. The van der Waals surface area contributed by atoms with Gasteiger partial charge in [0.25, 0.3) is 5.91 Å². The van der Waals surface area contributed by atoms with Crippen molar-refractivity contribution in [1.82, 2.24) is 9.80 Å². The monoisotopic (exact) mass is 404 g/mol. The number of morpholine rings is 1. The van der Waals surface area contributed by atoms with Crippen molar-refractivity contribution >= 4 is 5.91 Å². The van der Waals surface area contributed by atoms with Gasteiger partial charge in [-0.3, -0.25) is 9.69 Å². The molecule has 162 valence electrons. The van der Waals surface area contributed by atoms with Gasteiger partial charge in [0, 0.05) is 37.8 Å². The number of likely N-dealkylation sites (tertiary alicyclic amines) is 1. The average molecular weight is 405 g/mol. The normalized spacial score (nSPS) is 23.5. The second kappa shape index (κ2) is 9.81. The first-order valence-corrected chi connectivity index (χ1v) is 11.0. The highest BCUT2D eigenvalue weighted by Gasteiger charge is 2.47. The summed E-state index contributed by atoms with van der Waals surface area (Å²) in [7, 11) is 1.67. The van der Waals surface area contributed by atoms with Crippen molar-refractivity contribution < 1.29 is 19.0 Å². The van der Waals surface area contributed by atoms with Gasteiger partial charge in [-0.25, -0.2) is 0 Å². The second-order valence-electron chi connectivity index (χ2n) is 8.40. The van der Waals surface area contributed by atoms with Crippen molar-refractivity contribution in [3.05, 3.63) is 23.8 Å². The molecular weight excluding hydrogens is 368 g/mol. The first-order chi connectivity index (χ1) is 14.0. The van der Waals surface area contributed by atoms with Crippen molar-refractivity contribution in [3.63, 3.8) is 0 Å². The fourth-order valence-corrected chi connectivity index (χ4v) is 4.38. The van der Waals surface area contributed by atoms with Gasteiger partial charge in [-0.1, -0.05) is 19.1 Å². The molecule has 0 N–H and O–H groups in total. The molecular formula is C23H36N2O4. The number of hydrogen-bond donors (Lipinski definition) is 0. The Labute approximate surface area is 175 Å². The molecule has 1 unspecified atom stereocenters. The van der Waals surface area contributed by atoms with Crippen molar-refractivity contribution in [1.29, 1.82) is 0 Å². The molecule has 6 nitrogen and oxygen atoms in total. The Bertz CT molecular complexity index is 693. The first kappa shape index (κ1) is 21.9. The highest BCUT2D eigenvalue weighted by Crippen LogP contribution is 2.35. The van der Waals surface area contributed by atoms with Crippen LogP contribution >= 0.6 is 0 Å². The molecule has 0 aromatic heterocycles. The molecule has 1 spiro atoms. The fourth-order valence-electron chi connectivity index (χ4n) is 4.38. The molecule has 1 aromatic carbocycles. The van der Waals surface area contributed by atoms with Crippen LogP contribution in [0.4, 0.5) is 0 Å². The average Bonchev–Trinajstić information content (AvgIpc) is 2.86. The van der Waals surface area contributed by atoms with Crippen LogP contribution in [0.15, 0.2) is 18.2 Å². The summed E-state index contributed by atoms with van der Waals surface area (Å²) >= 11 is 0. The number of rotatable bonds is 7. The van der Waals surface area contributed by atoms with Crippen LogP contribution in [0.5, 0.6) is 11.5 Å². The van der Waals surface area contributed by atoms with Crippen LogP contribution in [-0.4, -0.2) is 67.3 Å². The van der Waals surface area contributed by atoms with E-state index in [1.54, 1.807) is 7.11 Å². The number of methoxy groups -OCH3 is 1. The van der Waals surface area contributed by atoms with Gasteiger partial charge in [-0.15, -0.1) is 0 Å². The third kappa shape index (κ3) is 4.86. The van der Waals surface area contributed by atoms with E-state index >= 15 is 0 Å². The van der Waals surface area contributed by atoms with Crippen LogP contribution < -0.4 is 9.47 Å². The number of carbonyl (C=O) groups excluding carboxylic acids is 1. The SMILES string of the molecule is CCCOc1c(CN2CCOC3(CCCCN(C(C)C)C3=O)C2)cccc1OC. The maximum Gasteiger partial charge on any atom is 0.256 e. The lowest BCUT2D eigenvalue weighted by Gasteiger charge is -2.43. The lowest BCUT2D eigenvalue weighted by molar-refractivity contribution is -0.172. The smallest absolute Gasteiger partial charge is 0.256 e. The van der Waals surface area contributed by atoms with Gasteiger partial charge in [-0.2, -0.15) is 0 Å². The standard InChI is InChI=1S/C23H36N2O4/c1-5-14-28-21-19(9-8-10-20(21)27-4)16-24-13-15-29-23(17-24)11-6-7-12-25(18(2)3)22(23)26/h8-10,18H,5-7,11-17H2,1-4H3. The lowest BCUT2D eigenvalue weighted by Crippen LogP contribution is -2.60. The number of carbonyl (C=O) groups is 1. The molecule has 1 atom stereocenters. The van der Waals surface area contributed by atoms with Crippen LogP contribution in [0.3, 0.4) is 0 Å². The van der Waals surface area contributed by atoms with E-state index in [0.29, 0.717) is 19.8 Å². The van der Waals surface area contributed by atoms with E-state index in [-0.39, 0.29) is 11.9 Å². The minimum Gasteiger partial charge on any atom is -0.493 e. The lowest BCUT2D eigenvalue weighted by atomic mass is 9.93. The molecule has 6 heteroatoms. The number of nitrogens with zero attached hydrogens (tertiary/aromatic N) is 2. The third-order valence-corrected chi connectivity index (χ3v) is 5.89. The van der Waals surface area contributed by atoms with Gasteiger partial charge in [0.15, 0.2) is 17.1 Å². The molecule has 1 amide bonds. The van der Waals surface area contributed by atoms with Crippen LogP contribution in [-0.2, 0) is 16.1 Å². The molecule has 2 saturated heterocycles. The van der Waals surface area contributed by atoms with Crippen LogP contribution in [0, 0.1) is 0 Å². The van der Waals surface area contributed by atoms with E-state index in [1.165, 1.54) is 0 Å². The fraction of sp³-hybridized carbons (Fsp3) is 0.696. The summed E-state index contributed by atoms with van der Waals surface area (Å²) in [5.74, 6) is 1.73. The maximum absolute atomic E-state index is 13.4. The Hall–Kier alpha value is -1.79. The van der Waals surface area contributed by atoms with Crippen LogP contribution in [0.1, 0.15) is 52.0 Å². The van der Waals surface area contributed by atoms with Crippen LogP contribution in [0.2, 0.25) is 0 Å². The van der Waals surface area contributed by atoms with Crippen molar-refractivity contribution in [3.8, 4) is 11.5 Å². The van der Waals surface area contributed by atoms with Crippen molar-refractivity contribution in [2.24, 2.45) is 0 Å². The largest absolute Gasteiger partial charge is 0.493 e. The number of ether oxygens (including phenoxy) is 3. The molecule has 2 heterocycles. The Morgan fingerprint density at radius 1 is 1.24 bits per heavy atom. The van der Waals surface area contributed by atoms with E-state index < -0.39 is 5.60 Å². The number of hydrogen-bond acceptors (Lipinski definition) is 5. The molecule has 2 aliphatic rings. The highest BCUT2D eigenvalue weighted by molar-refractivity contribution is 5.86. The van der Waals surface area contributed by atoms with Gasteiger partial charge in [-0.05, 0) is 45.6 Å². The molecule has 0 aliphatic carbocycles. The van der Waals surface area contributed by atoms with Crippen molar-refractivity contribution in [2.45, 2.75) is 64.6 Å². The molecule has 0 saturated carbocycles. The van der Waals surface area contributed by atoms with Crippen LogP contribution in [0.25, 0.3) is 0 Å². The summed E-state index contributed by atoms with van der Waals surface area (Å²) in [6, 6.07) is 6.22. The Balaban J connectivity index is 1.80. The maximum atomic E-state index is 13.4. The van der Waals surface area contributed by atoms with Gasteiger partial charge in [0.05, 0.1) is 20.3 Å². The predicted octanol–water partition coefficient (Wildman–Crippen LogP) is 3.48. The summed E-state index contributed by atoms with van der Waals surface area (Å²) in [5, 5.41) is 0. The number of benzene rings is 1. The molecule has 1 aromatic rings.